The molecule has 0 saturated heterocycles. The molecule has 268 valence electrons. The normalized spacial score (nSPS) is 11.7. The highest BCUT2D eigenvalue weighted by Crippen LogP contribution is 2.33. The molecular weight excluding hydrogens is 716 g/mol. The molecule has 2 aromatic heterocycles. The van der Waals surface area contributed by atoms with Gasteiger partial charge in [0.15, 0.2) is 16.5 Å². The number of rotatable bonds is 9. The van der Waals surface area contributed by atoms with Crippen LogP contribution in [0.1, 0.15) is 31.8 Å². The first kappa shape index (κ1) is 35.2. The van der Waals surface area contributed by atoms with E-state index in [1.54, 1.807) is 18.2 Å². The fourth-order valence-electron chi connectivity index (χ4n) is 6.17. The molecule has 0 aliphatic rings. The van der Waals surface area contributed by atoms with E-state index in [1.807, 2.05) is 71.6 Å². The molecule has 0 bridgehead atoms. The molecule has 1 N–H and O–H groups in total. The van der Waals surface area contributed by atoms with Gasteiger partial charge in [0.05, 0.1) is 18.2 Å². The molecule has 53 heavy (non-hydrogen) atoms. The van der Waals surface area contributed by atoms with Crippen molar-refractivity contribution in [1.29, 1.82) is 0 Å². The molecule has 0 saturated carbocycles. The van der Waals surface area contributed by atoms with Crippen molar-refractivity contribution in [2.75, 3.05) is 7.11 Å². The van der Waals surface area contributed by atoms with Gasteiger partial charge in [-0.05, 0) is 81.6 Å². The van der Waals surface area contributed by atoms with Gasteiger partial charge in [-0.15, -0.1) is 0 Å². The zero-order valence-corrected chi connectivity index (χ0v) is 28.3. The number of fused-ring (bicyclic) bond motifs is 2. The van der Waals surface area contributed by atoms with Crippen molar-refractivity contribution in [3.63, 3.8) is 0 Å². The molecular formula is C39H26F4N2O7S. The van der Waals surface area contributed by atoms with Crippen molar-refractivity contribution in [3.05, 3.63) is 155 Å². The van der Waals surface area contributed by atoms with E-state index < -0.39 is 56.0 Å². The average molecular weight is 743 g/mol. The van der Waals surface area contributed by atoms with Gasteiger partial charge in [-0.3, -0.25) is 4.55 Å². The number of nitrogens with zero attached hydrogens (tertiary/aromatic N) is 2. The van der Waals surface area contributed by atoms with Gasteiger partial charge in [0.1, 0.15) is 0 Å². The summed E-state index contributed by atoms with van der Waals surface area (Å²) in [7, 11) is -4.34. The summed E-state index contributed by atoms with van der Waals surface area (Å²) >= 11 is 0. The van der Waals surface area contributed by atoms with Gasteiger partial charge in [0, 0.05) is 36.5 Å². The Kier molecular flexibility index (Phi) is 9.10. The van der Waals surface area contributed by atoms with Crippen LogP contribution >= 0.6 is 0 Å². The maximum Gasteiger partial charge on any atom is 0.343 e. The fourth-order valence-corrected chi connectivity index (χ4v) is 6.80. The number of esters is 2. The molecule has 7 rings (SSSR count). The molecule has 9 nitrogen and oxygen atoms in total. The molecule has 0 atom stereocenters. The van der Waals surface area contributed by atoms with Gasteiger partial charge in [0.2, 0.25) is 17.4 Å². The quantitative estimate of drug-likeness (QED) is 0.0522. The van der Waals surface area contributed by atoms with E-state index in [9.17, 15) is 35.6 Å². The smallest absolute Gasteiger partial charge is 0.343 e. The fraction of sp³-hybridized carbons (Fsp3) is 0.0769. The van der Waals surface area contributed by atoms with E-state index in [1.165, 1.54) is 25.3 Å². The SMILES string of the molecule is COC(=O)c1cccc(Cn2ccc3ccc(-c4ccc5ccn(Cc6cccc(C(=O)Oc7c(F)c(F)c(S(=O)(=O)O)c(F)c7F)c6)c5c4)cc32)c1. The van der Waals surface area contributed by atoms with E-state index in [-0.39, 0.29) is 12.1 Å². The molecule has 14 heteroatoms. The van der Waals surface area contributed by atoms with Gasteiger partial charge in [-0.1, -0.05) is 48.5 Å². The summed E-state index contributed by atoms with van der Waals surface area (Å²) in [6, 6.07) is 29.1. The second-order valence-electron chi connectivity index (χ2n) is 12.1. The summed E-state index contributed by atoms with van der Waals surface area (Å²) in [5, 5.41) is 1.97. The maximum absolute atomic E-state index is 14.5. The number of hydrogen-bond donors (Lipinski definition) is 1. The Bertz CT molecular complexity index is 2690. The maximum atomic E-state index is 14.5. The van der Waals surface area contributed by atoms with Crippen molar-refractivity contribution < 1.29 is 49.6 Å². The van der Waals surface area contributed by atoms with E-state index in [0.29, 0.717) is 17.7 Å². The second kappa shape index (κ2) is 13.7. The largest absolute Gasteiger partial charge is 0.465 e. The van der Waals surface area contributed by atoms with Crippen LogP contribution in [0.25, 0.3) is 32.9 Å². The van der Waals surface area contributed by atoms with Gasteiger partial charge in [0.25, 0.3) is 0 Å². The number of carbonyl (C=O) groups is 2. The Hall–Kier alpha value is -6.25. The number of aromatic nitrogens is 2. The summed E-state index contributed by atoms with van der Waals surface area (Å²) in [6.07, 6.45) is 3.84. The van der Waals surface area contributed by atoms with E-state index in [0.717, 1.165) is 38.5 Å². The van der Waals surface area contributed by atoms with Crippen LogP contribution in [0.3, 0.4) is 0 Å². The Balaban J connectivity index is 1.14. The van der Waals surface area contributed by atoms with Crippen molar-refractivity contribution >= 4 is 43.9 Å². The molecule has 0 unspecified atom stereocenters. The third-order valence-corrected chi connectivity index (χ3v) is 9.61. The highest BCUT2D eigenvalue weighted by molar-refractivity contribution is 7.85. The van der Waals surface area contributed by atoms with Crippen LogP contribution in [-0.4, -0.2) is 41.2 Å². The molecule has 0 aliphatic carbocycles. The molecule has 0 fully saturated rings. The Morgan fingerprint density at radius 3 is 1.57 bits per heavy atom. The molecule has 0 aliphatic heterocycles. The lowest BCUT2D eigenvalue weighted by Gasteiger charge is -2.12. The monoisotopic (exact) mass is 742 g/mol. The summed E-state index contributed by atoms with van der Waals surface area (Å²) < 4.78 is 102. The standard InChI is InChI=1S/C39H26F4N2O7S/c1-51-38(46)28-6-2-4-22(16-28)20-44-14-12-24-8-10-26(18-30(24)44)27-11-9-25-13-15-45(31(25)19-27)21-23-5-3-7-29(17-23)39(47)52-36-32(40)34(42)37(53(48,49)50)35(43)33(36)41/h2-19H,20-21H2,1H3,(H,48,49,50). The number of halogens is 4. The highest BCUT2D eigenvalue weighted by atomic mass is 32.2. The van der Waals surface area contributed by atoms with Crippen molar-refractivity contribution in [3.8, 4) is 16.9 Å². The summed E-state index contributed by atoms with van der Waals surface area (Å²) in [5.41, 5.74) is 5.49. The van der Waals surface area contributed by atoms with Gasteiger partial charge in [-0.2, -0.15) is 17.2 Å². The van der Waals surface area contributed by atoms with Gasteiger partial charge >= 0.3 is 22.1 Å². The molecule has 0 spiro atoms. The van der Waals surface area contributed by atoms with Crippen molar-refractivity contribution in [2.24, 2.45) is 0 Å². The van der Waals surface area contributed by atoms with Crippen LogP contribution in [0.15, 0.2) is 114 Å². The summed E-state index contributed by atoms with van der Waals surface area (Å²) in [4.78, 5) is 22.6. The van der Waals surface area contributed by atoms with Gasteiger partial charge < -0.3 is 18.6 Å². The zero-order chi connectivity index (χ0) is 37.6. The van der Waals surface area contributed by atoms with Crippen LogP contribution in [-0.2, 0) is 27.9 Å². The molecule has 0 radical (unpaired) electrons. The first-order valence-electron chi connectivity index (χ1n) is 15.8. The first-order valence-corrected chi connectivity index (χ1v) is 17.3. The number of hydrogen-bond acceptors (Lipinski definition) is 6. The van der Waals surface area contributed by atoms with Crippen molar-refractivity contribution in [1.82, 2.24) is 9.13 Å². The highest BCUT2D eigenvalue weighted by Gasteiger charge is 2.34. The Morgan fingerprint density at radius 1 is 0.642 bits per heavy atom. The topological polar surface area (TPSA) is 117 Å². The number of methoxy groups -OCH3 is 1. The predicted octanol–water partition coefficient (Wildman–Crippen LogP) is 8.17. The lowest BCUT2D eigenvalue weighted by Crippen LogP contribution is -2.16. The minimum atomic E-state index is -5.68. The number of benzene rings is 5. The molecule has 0 amide bonds. The molecule has 7 aromatic rings. The van der Waals surface area contributed by atoms with Crippen LogP contribution in [0.5, 0.6) is 5.75 Å². The first-order chi connectivity index (χ1) is 25.3. The number of ether oxygens (including phenoxy) is 2. The lowest BCUT2D eigenvalue weighted by molar-refractivity contribution is 0.0600. The number of carbonyl (C=O) groups excluding carboxylic acids is 2. The Labute approximate surface area is 299 Å². The minimum Gasteiger partial charge on any atom is -0.465 e. The van der Waals surface area contributed by atoms with E-state index >= 15 is 0 Å². The summed E-state index contributed by atoms with van der Waals surface area (Å²) in [6.45, 7) is 0.778. The summed E-state index contributed by atoms with van der Waals surface area (Å²) in [5.74, 6) is -13.1. The van der Waals surface area contributed by atoms with Crippen LogP contribution < -0.4 is 4.74 Å². The third-order valence-electron chi connectivity index (χ3n) is 8.73. The molecule has 5 aromatic carbocycles. The average Bonchev–Trinajstić information content (AvgIpc) is 3.74. The van der Waals surface area contributed by atoms with E-state index in [2.05, 4.69) is 15.4 Å². The Morgan fingerprint density at radius 2 is 1.11 bits per heavy atom. The van der Waals surface area contributed by atoms with E-state index in [4.69, 9.17) is 9.29 Å². The minimum absolute atomic E-state index is 0.216. The van der Waals surface area contributed by atoms with Crippen LogP contribution in [0.2, 0.25) is 0 Å². The zero-order valence-electron chi connectivity index (χ0n) is 27.5. The predicted molar refractivity (Wildman–Crippen MR) is 186 cm³/mol. The van der Waals surface area contributed by atoms with Crippen molar-refractivity contribution in [2.45, 2.75) is 18.0 Å². The van der Waals surface area contributed by atoms with Gasteiger partial charge in [-0.25, -0.2) is 18.4 Å². The van der Waals surface area contributed by atoms with Crippen LogP contribution in [0, 0.1) is 23.3 Å². The second-order valence-corrected chi connectivity index (χ2v) is 13.5. The molecule has 2 heterocycles. The van der Waals surface area contributed by atoms with Crippen LogP contribution in [0.4, 0.5) is 17.6 Å². The lowest BCUT2D eigenvalue weighted by atomic mass is 10.0. The third kappa shape index (κ3) is 6.77.